The summed E-state index contributed by atoms with van der Waals surface area (Å²) in [6, 6.07) is 11.5. The van der Waals surface area contributed by atoms with E-state index in [-0.39, 0.29) is 5.75 Å². The Labute approximate surface area is 135 Å². The summed E-state index contributed by atoms with van der Waals surface area (Å²) < 4.78 is 5.80. The molecule has 0 aliphatic carbocycles. The topological polar surface area (TPSA) is 82.3 Å². The van der Waals surface area contributed by atoms with Crippen molar-refractivity contribution in [3.63, 3.8) is 0 Å². The number of methoxy groups -OCH3 is 1. The average Bonchev–Trinajstić information content (AvgIpc) is 2.50. The lowest BCUT2D eigenvalue weighted by Gasteiger charge is -2.12. The van der Waals surface area contributed by atoms with Crippen LogP contribution in [0.3, 0.4) is 0 Å². The molecule has 5 nitrogen and oxygen atoms in total. The fourth-order valence-corrected chi connectivity index (χ4v) is 2.10. The number of nitrogens with one attached hydrogen (secondary N) is 1. The molecule has 0 saturated carbocycles. The summed E-state index contributed by atoms with van der Waals surface area (Å²) in [5.74, 6) is 0.00335. The standard InChI is InChI=1S/C15H11IN2O3/c1-21-13-4-2-3-10(8-17)14(13)18-15(20)9-5-6-11(16)12(19)7-9/h2-7,19H,1H3,(H,18,20). The highest BCUT2D eigenvalue weighted by atomic mass is 127. The summed E-state index contributed by atoms with van der Waals surface area (Å²) in [7, 11) is 1.46. The molecular weight excluding hydrogens is 383 g/mol. The predicted octanol–water partition coefficient (Wildman–Crippen LogP) is 3.13. The third-order valence-electron chi connectivity index (χ3n) is 2.81. The second-order valence-electron chi connectivity index (χ2n) is 4.11. The average molecular weight is 394 g/mol. The molecule has 0 aliphatic heterocycles. The van der Waals surface area contributed by atoms with Crippen molar-refractivity contribution in [1.82, 2.24) is 0 Å². The van der Waals surface area contributed by atoms with Crippen LogP contribution in [0, 0.1) is 14.9 Å². The molecule has 2 N–H and O–H groups in total. The van der Waals surface area contributed by atoms with E-state index < -0.39 is 5.91 Å². The van der Waals surface area contributed by atoms with Crippen LogP contribution in [0.15, 0.2) is 36.4 Å². The van der Waals surface area contributed by atoms with Crippen LogP contribution >= 0.6 is 22.6 Å². The molecule has 2 rings (SSSR count). The monoisotopic (exact) mass is 394 g/mol. The summed E-state index contributed by atoms with van der Waals surface area (Å²) in [5, 5.41) is 21.4. The first-order valence-corrected chi connectivity index (χ1v) is 7.01. The van der Waals surface area contributed by atoms with Crippen molar-refractivity contribution in [3.05, 3.63) is 51.1 Å². The molecule has 0 saturated heterocycles. The van der Waals surface area contributed by atoms with Crippen molar-refractivity contribution in [3.8, 4) is 17.6 Å². The van der Waals surface area contributed by atoms with E-state index in [0.29, 0.717) is 26.1 Å². The maximum absolute atomic E-state index is 12.2. The fourth-order valence-electron chi connectivity index (χ4n) is 1.76. The minimum Gasteiger partial charge on any atom is -0.507 e. The van der Waals surface area contributed by atoms with E-state index in [4.69, 9.17) is 10.00 Å². The lowest BCUT2D eigenvalue weighted by Crippen LogP contribution is -2.13. The Morgan fingerprint density at radius 3 is 2.76 bits per heavy atom. The van der Waals surface area contributed by atoms with E-state index in [1.54, 1.807) is 30.3 Å². The highest BCUT2D eigenvalue weighted by Crippen LogP contribution is 2.29. The molecule has 1 amide bonds. The predicted molar refractivity (Wildman–Crippen MR) is 86.5 cm³/mol. The zero-order chi connectivity index (χ0) is 15.4. The van der Waals surface area contributed by atoms with E-state index in [1.807, 2.05) is 28.7 Å². The van der Waals surface area contributed by atoms with Gasteiger partial charge in [0.25, 0.3) is 5.91 Å². The highest BCUT2D eigenvalue weighted by Gasteiger charge is 2.14. The summed E-state index contributed by atoms with van der Waals surface area (Å²) in [6.07, 6.45) is 0. The number of hydrogen-bond acceptors (Lipinski definition) is 4. The molecular formula is C15H11IN2O3. The van der Waals surface area contributed by atoms with E-state index in [2.05, 4.69) is 5.32 Å². The van der Waals surface area contributed by atoms with Crippen LogP contribution in [0.4, 0.5) is 5.69 Å². The first-order chi connectivity index (χ1) is 10.1. The Hall–Kier alpha value is -2.27. The number of halogens is 1. The van der Waals surface area contributed by atoms with Crippen molar-refractivity contribution in [2.45, 2.75) is 0 Å². The van der Waals surface area contributed by atoms with Crippen LogP contribution in [-0.4, -0.2) is 18.1 Å². The molecule has 0 aromatic heterocycles. The molecule has 106 valence electrons. The summed E-state index contributed by atoms with van der Waals surface area (Å²) in [5.41, 5.74) is 0.908. The minimum atomic E-state index is -0.428. The lowest BCUT2D eigenvalue weighted by molar-refractivity contribution is 0.102. The molecule has 6 heteroatoms. The van der Waals surface area contributed by atoms with Crippen LogP contribution in [0.5, 0.6) is 11.5 Å². The number of rotatable bonds is 3. The smallest absolute Gasteiger partial charge is 0.255 e. The Balaban J connectivity index is 2.36. The van der Waals surface area contributed by atoms with Crippen molar-refractivity contribution in [2.75, 3.05) is 12.4 Å². The molecule has 2 aromatic rings. The summed E-state index contributed by atoms with van der Waals surface area (Å²) in [6.45, 7) is 0. The van der Waals surface area contributed by atoms with Gasteiger partial charge in [0.15, 0.2) is 0 Å². The van der Waals surface area contributed by atoms with Crippen molar-refractivity contribution in [2.24, 2.45) is 0 Å². The third kappa shape index (κ3) is 3.25. The van der Waals surface area contributed by atoms with Gasteiger partial charge in [-0.15, -0.1) is 0 Å². The Morgan fingerprint density at radius 1 is 1.38 bits per heavy atom. The highest BCUT2D eigenvalue weighted by molar-refractivity contribution is 14.1. The maximum Gasteiger partial charge on any atom is 0.255 e. The number of carbonyl (C=O) groups excluding carboxylic acids is 1. The van der Waals surface area contributed by atoms with Crippen LogP contribution in [0.1, 0.15) is 15.9 Å². The number of phenols is 1. The zero-order valence-electron chi connectivity index (χ0n) is 11.1. The van der Waals surface area contributed by atoms with E-state index in [9.17, 15) is 9.90 Å². The van der Waals surface area contributed by atoms with Crippen LogP contribution in [-0.2, 0) is 0 Å². The van der Waals surface area contributed by atoms with Gasteiger partial charge < -0.3 is 15.2 Å². The van der Waals surface area contributed by atoms with Gasteiger partial charge in [0.1, 0.15) is 23.3 Å². The van der Waals surface area contributed by atoms with E-state index in [1.165, 1.54) is 13.2 Å². The number of nitriles is 1. The largest absolute Gasteiger partial charge is 0.507 e. The van der Waals surface area contributed by atoms with Crippen molar-refractivity contribution in [1.29, 1.82) is 5.26 Å². The maximum atomic E-state index is 12.2. The molecule has 0 bridgehead atoms. The van der Waals surface area contributed by atoms with Gasteiger partial charge in [-0.2, -0.15) is 5.26 Å². The number of carbonyl (C=O) groups is 1. The van der Waals surface area contributed by atoms with Crippen molar-refractivity contribution < 1.29 is 14.6 Å². The number of ether oxygens (including phenoxy) is 1. The lowest BCUT2D eigenvalue weighted by atomic mass is 10.1. The SMILES string of the molecule is COc1cccc(C#N)c1NC(=O)c1ccc(I)c(O)c1. The van der Waals surface area contributed by atoms with Crippen LogP contribution in [0.25, 0.3) is 0 Å². The van der Waals surface area contributed by atoms with Gasteiger partial charge in [0, 0.05) is 5.56 Å². The number of hydrogen-bond donors (Lipinski definition) is 2. The number of aromatic hydroxyl groups is 1. The first-order valence-electron chi connectivity index (χ1n) is 5.93. The second-order valence-corrected chi connectivity index (χ2v) is 5.28. The number of amides is 1. The van der Waals surface area contributed by atoms with Crippen LogP contribution < -0.4 is 10.1 Å². The number of para-hydroxylation sites is 1. The number of nitrogens with zero attached hydrogens (tertiary/aromatic N) is 1. The van der Waals surface area contributed by atoms with Gasteiger partial charge in [-0.25, -0.2) is 0 Å². The number of anilines is 1. The molecule has 0 radical (unpaired) electrons. The number of phenolic OH excluding ortho intramolecular Hbond substituents is 1. The molecule has 2 aromatic carbocycles. The zero-order valence-corrected chi connectivity index (χ0v) is 13.2. The third-order valence-corrected chi connectivity index (χ3v) is 3.73. The Bertz CT molecular complexity index is 738. The van der Waals surface area contributed by atoms with Crippen molar-refractivity contribution >= 4 is 34.2 Å². The Morgan fingerprint density at radius 2 is 2.14 bits per heavy atom. The van der Waals surface area contributed by atoms with Gasteiger partial charge in [-0.3, -0.25) is 4.79 Å². The van der Waals surface area contributed by atoms with Gasteiger partial charge in [0.2, 0.25) is 0 Å². The molecule has 0 unspecified atom stereocenters. The molecule has 21 heavy (non-hydrogen) atoms. The van der Waals surface area contributed by atoms with Gasteiger partial charge in [-0.05, 0) is 52.9 Å². The van der Waals surface area contributed by atoms with E-state index >= 15 is 0 Å². The number of benzene rings is 2. The molecule has 0 atom stereocenters. The van der Waals surface area contributed by atoms with Gasteiger partial charge in [-0.1, -0.05) is 6.07 Å². The Kier molecular flexibility index (Phi) is 4.65. The minimum absolute atomic E-state index is 0.0313. The molecule has 0 fully saturated rings. The first kappa shape index (κ1) is 15.1. The molecule has 0 spiro atoms. The van der Waals surface area contributed by atoms with E-state index in [0.717, 1.165) is 0 Å². The van der Waals surface area contributed by atoms with Gasteiger partial charge >= 0.3 is 0 Å². The summed E-state index contributed by atoms with van der Waals surface area (Å²) in [4.78, 5) is 12.2. The van der Waals surface area contributed by atoms with Gasteiger partial charge in [0.05, 0.1) is 16.2 Å². The quantitative estimate of drug-likeness (QED) is 0.784. The molecule has 0 heterocycles. The van der Waals surface area contributed by atoms with Crippen LogP contribution in [0.2, 0.25) is 0 Å². The summed E-state index contributed by atoms with van der Waals surface area (Å²) >= 11 is 1.97. The fraction of sp³-hybridized carbons (Fsp3) is 0.0667. The second kappa shape index (κ2) is 6.45. The normalized spacial score (nSPS) is 9.76. The molecule has 0 aliphatic rings.